The predicted octanol–water partition coefficient (Wildman–Crippen LogP) is 5.46. The molecule has 1 aliphatic rings. The van der Waals surface area contributed by atoms with E-state index in [-0.39, 0.29) is 0 Å². The number of halogens is 1. The number of nitrogens with one attached hydrogen (secondary N) is 2. The summed E-state index contributed by atoms with van der Waals surface area (Å²) in [6.07, 6.45) is 4.23. The number of aryl methyl sites for hydroxylation is 2. The zero-order valence-corrected chi connectivity index (χ0v) is 21.2. The average molecular weight is 499 g/mol. The summed E-state index contributed by atoms with van der Waals surface area (Å²) in [5, 5.41) is 7.51. The third kappa shape index (κ3) is 5.84. The molecule has 9 heteroatoms. The molecule has 1 aromatic heterocycles. The van der Waals surface area contributed by atoms with Crippen molar-refractivity contribution in [2.45, 2.75) is 32.3 Å². The van der Waals surface area contributed by atoms with Gasteiger partial charge in [0.25, 0.3) is 0 Å². The molecule has 34 heavy (non-hydrogen) atoms. The number of methoxy groups -OCH3 is 1. The zero-order chi connectivity index (χ0) is 24.3. The van der Waals surface area contributed by atoms with E-state index >= 15 is 0 Å². The van der Waals surface area contributed by atoms with Gasteiger partial charge >= 0.3 is 0 Å². The molecule has 0 amide bonds. The van der Waals surface area contributed by atoms with Gasteiger partial charge in [0.1, 0.15) is 17.9 Å². The van der Waals surface area contributed by atoms with Crippen molar-refractivity contribution in [1.29, 1.82) is 0 Å². The van der Waals surface area contributed by atoms with Gasteiger partial charge in [-0.25, -0.2) is 4.98 Å². The Bertz CT molecular complexity index is 1280. The third-order valence-corrected chi connectivity index (χ3v) is 7.57. The molecule has 0 spiro atoms. The van der Waals surface area contributed by atoms with E-state index < -0.39 is 7.14 Å². The van der Waals surface area contributed by atoms with Crippen LogP contribution in [0.5, 0.6) is 0 Å². The Morgan fingerprint density at radius 2 is 1.79 bits per heavy atom. The number of benzene rings is 2. The van der Waals surface area contributed by atoms with Crippen LogP contribution in [0.25, 0.3) is 0 Å². The maximum Gasteiger partial charge on any atom is 0.229 e. The summed E-state index contributed by atoms with van der Waals surface area (Å²) in [5.74, 6) is 1.10. The highest BCUT2D eigenvalue weighted by Gasteiger charge is 2.19. The minimum atomic E-state index is -2.59. The molecule has 1 aliphatic carbocycles. The largest absolute Gasteiger partial charge is 0.380 e. The van der Waals surface area contributed by atoms with Crippen LogP contribution in [0.15, 0.2) is 42.6 Å². The SMILES string of the molecule is COCc1ccc(Nc2nc(Nc3ccc4c(c3)CCC(=O)CC4)ncc2Cl)c(P(C)(C)=O)c1. The van der Waals surface area contributed by atoms with Gasteiger partial charge < -0.3 is 19.9 Å². The summed E-state index contributed by atoms with van der Waals surface area (Å²) in [4.78, 5) is 20.7. The number of nitrogens with zero attached hydrogens (tertiary/aromatic N) is 2. The first-order chi connectivity index (χ1) is 16.2. The van der Waals surface area contributed by atoms with Crippen molar-refractivity contribution in [3.05, 3.63) is 64.3 Å². The molecule has 0 atom stereocenters. The van der Waals surface area contributed by atoms with Crippen LogP contribution in [0.2, 0.25) is 5.02 Å². The molecule has 1 heterocycles. The van der Waals surface area contributed by atoms with Gasteiger partial charge in [-0.05, 0) is 67.1 Å². The lowest BCUT2D eigenvalue weighted by Gasteiger charge is -2.17. The second-order valence-corrected chi connectivity index (χ2v) is 12.4. The van der Waals surface area contributed by atoms with Crippen molar-refractivity contribution in [3.8, 4) is 0 Å². The second kappa shape index (κ2) is 10.3. The number of rotatable bonds is 7. The number of ketones is 1. The van der Waals surface area contributed by atoms with Crippen molar-refractivity contribution in [3.63, 3.8) is 0 Å². The number of carbonyl (C=O) groups excluding carboxylic acids is 1. The molecule has 0 unspecified atom stereocenters. The Hall–Kier alpha value is -2.73. The van der Waals surface area contributed by atoms with E-state index in [1.165, 1.54) is 17.3 Å². The number of aromatic nitrogens is 2. The summed E-state index contributed by atoms with van der Waals surface area (Å²) < 4.78 is 18.2. The smallest absolute Gasteiger partial charge is 0.229 e. The van der Waals surface area contributed by atoms with E-state index in [9.17, 15) is 9.36 Å². The van der Waals surface area contributed by atoms with Crippen LogP contribution in [0.1, 0.15) is 29.5 Å². The fourth-order valence-electron chi connectivity index (χ4n) is 4.01. The van der Waals surface area contributed by atoms with Crippen LogP contribution in [0.3, 0.4) is 0 Å². The molecule has 0 aliphatic heterocycles. The fraction of sp³-hybridized carbons (Fsp3) is 0.320. The molecule has 0 bridgehead atoms. The molecule has 0 saturated heterocycles. The molecule has 0 radical (unpaired) electrons. The van der Waals surface area contributed by atoms with Crippen molar-refractivity contribution < 1.29 is 14.1 Å². The average Bonchev–Trinajstić information content (AvgIpc) is 2.98. The lowest BCUT2D eigenvalue weighted by atomic mass is 10.0. The normalized spacial score (nSPS) is 13.8. The summed E-state index contributed by atoms with van der Waals surface area (Å²) in [5.41, 5.74) is 4.84. The Balaban J connectivity index is 1.59. The molecule has 178 valence electrons. The predicted molar refractivity (Wildman–Crippen MR) is 138 cm³/mol. The van der Waals surface area contributed by atoms with Crippen LogP contribution in [0, 0.1) is 0 Å². The topological polar surface area (TPSA) is 93.2 Å². The molecule has 0 saturated carbocycles. The summed E-state index contributed by atoms with van der Waals surface area (Å²) in [6.45, 7) is 3.89. The number of hydrogen-bond donors (Lipinski definition) is 2. The van der Waals surface area contributed by atoms with Crippen LogP contribution in [0.4, 0.5) is 23.1 Å². The van der Waals surface area contributed by atoms with Crippen LogP contribution in [-0.4, -0.2) is 36.2 Å². The number of fused-ring (bicyclic) bond motifs is 1. The molecule has 3 aromatic rings. The van der Waals surface area contributed by atoms with E-state index in [2.05, 4.69) is 32.7 Å². The maximum atomic E-state index is 13.0. The van der Waals surface area contributed by atoms with E-state index in [1.54, 1.807) is 20.4 Å². The fourth-order valence-corrected chi connectivity index (χ4v) is 5.34. The van der Waals surface area contributed by atoms with Gasteiger partial charge in [0.15, 0.2) is 5.82 Å². The molecule has 4 rings (SSSR count). The number of anilines is 4. The quantitative estimate of drug-likeness (QED) is 0.330. The molecule has 2 aromatic carbocycles. The van der Waals surface area contributed by atoms with Gasteiger partial charge in [0, 0.05) is 30.9 Å². The molecule has 2 N–H and O–H groups in total. The monoisotopic (exact) mass is 498 g/mol. The van der Waals surface area contributed by atoms with Crippen LogP contribution in [-0.2, 0) is 33.5 Å². The van der Waals surface area contributed by atoms with Gasteiger partial charge in [0.05, 0.1) is 18.5 Å². The van der Waals surface area contributed by atoms with Gasteiger partial charge in [-0.3, -0.25) is 4.79 Å². The minimum absolute atomic E-state index is 0.306. The molecule has 7 nitrogen and oxygen atoms in total. The van der Waals surface area contributed by atoms with E-state index in [1.807, 2.05) is 24.3 Å². The lowest BCUT2D eigenvalue weighted by Crippen LogP contribution is -2.12. The number of ether oxygens (including phenoxy) is 1. The highest BCUT2D eigenvalue weighted by molar-refractivity contribution is 7.70. The first-order valence-electron chi connectivity index (χ1n) is 11.1. The van der Waals surface area contributed by atoms with Gasteiger partial charge in [-0.15, -0.1) is 0 Å². The van der Waals surface area contributed by atoms with Crippen LogP contribution < -0.4 is 15.9 Å². The molecular formula is C25H28ClN4O3P. The van der Waals surface area contributed by atoms with Crippen molar-refractivity contribution in [1.82, 2.24) is 9.97 Å². The van der Waals surface area contributed by atoms with Crippen molar-refractivity contribution >= 4 is 53.0 Å². The first kappa shape index (κ1) is 24.4. The number of Topliss-reactive ketones (excluding diaryl/α,β-unsaturated/α-hetero) is 1. The molecule has 0 fully saturated rings. The Morgan fingerprint density at radius 1 is 1.03 bits per heavy atom. The van der Waals surface area contributed by atoms with Crippen LogP contribution >= 0.6 is 18.7 Å². The maximum absolute atomic E-state index is 13.0. The Labute approximate surface area is 204 Å². The zero-order valence-electron chi connectivity index (χ0n) is 19.5. The number of carbonyl (C=O) groups is 1. The van der Waals surface area contributed by atoms with E-state index in [0.29, 0.717) is 53.0 Å². The minimum Gasteiger partial charge on any atom is -0.380 e. The number of hydrogen-bond acceptors (Lipinski definition) is 7. The Kier molecular flexibility index (Phi) is 7.36. The van der Waals surface area contributed by atoms with Gasteiger partial charge in [-0.2, -0.15) is 4.98 Å². The summed E-state index contributed by atoms with van der Waals surface area (Å²) in [6, 6.07) is 11.7. The standard InChI is InChI=1S/C25H28ClN4O3P/c1-33-15-16-4-11-22(23(12-16)34(2,3)32)29-24-21(26)14-27-25(30-24)28-19-8-5-17-6-9-20(31)10-7-18(17)13-19/h4-5,8,11-14H,6-7,9-10,15H2,1-3H3,(H2,27,28,29,30). The van der Waals surface area contributed by atoms with Crippen molar-refractivity contribution in [2.75, 3.05) is 31.1 Å². The second-order valence-electron chi connectivity index (χ2n) is 8.80. The molecular weight excluding hydrogens is 471 g/mol. The van der Waals surface area contributed by atoms with E-state index in [4.69, 9.17) is 16.3 Å². The summed E-state index contributed by atoms with van der Waals surface area (Å²) in [7, 11) is -0.961. The van der Waals surface area contributed by atoms with E-state index in [0.717, 1.165) is 24.1 Å². The summed E-state index contributed by atoms with van der Waals surface area (Å²) >= 11 is 6.39. The highest BCUT2D eigenvalue weighted by Crippen LogP contribution is 2.39. The van der Waals surface area contributed by atoms with Crippen molar-refractivity contribution in [2.24, 2.45) is 0 Å². The third-order valence-electron chi connectivity index (χ3n) is 5.76. The Morgan fingerprint density at radius 3 is 2.53 bits per heavy atom. The van der Waals surface area contributed by atoms with Gasteiger partial charge in [-0.1, -0.05) is 23.7 Å². The lowest BCUT2D eigenvalue weighted by molar-refractivity contribution is -0.118. The highest BCUT2D eigenvalue weighted by atomic mass is 35.5. The first-order valence-corrected chi connectivity index (χ1v) is 14.1. The van der Waals surface area contributed by atoms with Gasteiger partial charge in [0.2, 0.25) is 5.95 Å².